The Kier molecular flexibility index (Phi) is 35.2. The lowest BCUT2D eigenvalue weighted by molar-refractivity contribution is -0.148. The summed E-state index contributed by atoms with van der Waals surface area (Å²) in [7, 11) is 0. The number of carbonyl (C=O) groups is 5. The molecule has 0 bridgehead atoms. The maximum absolute atomic E-state index is 12.8. The molecule has 5 unspecified atom stereocenters. The van der Waals surface area contributed by atoms with Crippen molar-refractivity contribution in [2.75, 3.05) is 0 Å². The fourth-order valence-corrected chi connectivity index (χ4v) is 9.39. The van der Waals surface area contributed by atoms with Crippen LogP contribution in [0, 0.1) is 90.8 Å². The van der Waals surface area contributed by atoms with Crippen molar-refractivity contribution < 1.29 is 49.5 Å². The van der Waals surface area contributed by atoms with Crippen molar-refractivity contribution in [3.8, 4) is 0 Å². The third-order valence-electron chi connectivity index (χ3n) is 13.1. The minimum atomic E-state index is -1.05. The first-order chi connectivity index (χ1) is 30.1. The molecule has 10 nitrogen and oxygen atoms in total. The first-order valence-corrected chi connectivity index (χ1v) is 25.8. The quantitative estimate of drug-likeness (QED) is 0.0370. The van der Waals surface area contributed by atoms with Gasteiger partial charge in [0.15, 0.2) is 0 Å². The average Bonchev–Trinajstić information content (AvgIpc) is 3.16. The van der Waals surface area contributed by atoms with Gasteiger partial charge in [-0.15, -0.1) is 0 Å². The Balaban J connectivity index is 0. The van der Waals surface area contributed by atoms with Crippen LogP contribution >= 0.6 is 0 Å². The van der Waals surface area contributed by atoms with Crippen molar-refractivity contribution in [2.45, 2.75) is 230 Å². The highest BCUT2D eigenvalue weighted by atomic mass is 16.4. The molecule has 0 amide bonds. The predicted molar refractivity (Wildman–Crippen MR) is 266 cm³/mol. The van der Waals surface area contributed by atoms with Gasteiger partial charge >= 0.3 is 29.8 Å². The monoisotopic (exact) mass is 922 g/mol. The van der Waals surface area contributed by atoms with E-state index in [4.69, 9.17) is 5.11 Å². The van der Waals surface area contributed by atoms with E-state index in [0.29, 0.717) is 93.8 Å². The molecule has 0 fully saturated rings. The van der Waals surface area contributed by atoms with Crippen LogP contribution in [-0.2, 0) is 24.0 Å². The standard InChI is InChI=1S/C41H76O8.C14H25O2/c1-29(2)17-9-13-21-33(37(42)43)25-41(26-34(38(44)45)22-14-10-18-30(3)4,27-35(39(46)47)23-15-11-19-31(5)6)28-36(40(48)49)24-16-12-20-32(7)8;1-11(2)8-6-7-9-12(13(15)16)10-14(3,4)5/h29-36H,9-28H2,1-8H3,(H,42,43)(H,44,45)(H,46,47)(H,48,49);11-12H,3-10H2,1-2H3,(H,15,16). The second-order valence-corrected chi connectivity index (χ2v) is 22.6. The SMILES string of the molecule is CC(C)CCCCC(CC(CC(CCCCC(C)C)C(=O)O)(CC(CCCCC(C)C)C(=O)O)CC(CCCCC(C)C)C(=O)O)C(=O)O.[CH2]C([CH2])([CH2])CC(CCCCC(C)C)C(=O)O. The van der Waals surface area contributed by atoms with Crippen LogP contribution in [0.4, 0.5) is 0 Å². The van der Waals surface area contributed by atoms with E-state index in [2.05, 4.69) is 90.0 Å². The Labute approximate surface area is 398 Å². The van der Waals surface area contributed by atoms with Gasteiger partial charge in [0.25, 0.3) is 0 Å². The van der Waals surface area contributed by atoms with Gasteiger partial charge in [0.2, 0.25) is 0 Å². The van der Waals surface area contributed by atoms with Gasteiger partial charge in [0.05, 0.1) is 29.6 Å². The molecule has 0 aliphatic heterocycles. The molecular weight excluding hydrogens is 821 g/mol. The van der Waals surface area contributed by atoms with Gasteiger partial charge in [-0.05, 0) is 125 Å². The summed E-state index contributed by atoms with van der Waals surface area (Å²) in [5, 5.41) is 51.1. The Morgan fingerprint density at radius 1 is 0.308 bits per heavy atom. The van der Waals surface area contributed by atoms with Gasteiger partial charge in [0, 0.05) is 0 Å². The second kappa shape index (κ2) is 35.5. The Morgan fingerprint density at radius 3 is 0.600 bits per heavy atom. The summed E-state index contributed by atoms with van der Waals surface area (Å²) in [6.45, 7) is 32.7. The normalized spacial score (nSPS) is 15.4. The first-order valence-electron chi connectivity index (χ1n) is 25.8. The fourth-order valence-electron chi connectivity index (χ4n) is 9.39. The molecule has 0 rings (SSSR count). The maximum atomic E-state index is 12.8. The fraction of sp³-hybridized carbons (Fsp3) is 0.855. The Bertz CT molecular complexity index is 1130. The van der Waals surface area contributed by atoms with Crippen LogP contribution in [0.5, 0.6) is 0 Å². The molecule has 10 heteroatoms. The second-order valence-electron chi connectivity index (χ2n) is 22.6. The van der Waals surface area contributed by atoms with Crippen LogP contribution in [0.2, 0.25) is 0 Å². The predicted octanol–water partition coefficient (Wildman–Crippen LogP) is 15.0. The van der Waals surface area contributed by atoms with Gasteiger partial charge in [-0.25, -0.2) is 0 Å². The number of carboxylic acids is 5. The topological polar surface area (TPSA) is 186 Å². The number of carboxylic acid groups (broad SMARTS) is 5. The van der Waals surface area contributed by atoms with Crippen molar-refractivity contribution >= 4 is 29.8 Å². The summed E-state index contributed by atoms with van der Waals surface area (Å²) < 4.78 is 0. The molecule has 0 saturated carbocycles. The van der Waals surface area contributed by atoms with E-state index in [9.17, 15) is 44.4 Å². The third kappa shape index (κ3) is 36.1. The van der Waals surface area contributed by atoms with Crippen LogP contribution in [0.15, 0.2) is 0 Å². The molecule has 0 heterocycles. The molecule has 0 aromatic rings. The average molecular weight is 922 g/mol. The van der Waals surface area contributed by atoms with E-state index >= 15 is 0 Å². The highest BCUT2D eigenvalue weighted by Crippen LogP contribution is 2.48. The Hall–Kier alpha value is -2.65. The lowest BCUT2D eigenvalue weighted by atomic mass is 9.62. The smallest absolute Gasteiger partial charge is 0.306 e. The van der Waals surface area contributed by atoms with Gasteiger partial charge < -0.3 is 25.5 Å². The largest absolute Gasteiger partial charge is 0.481 e. The number of unbranched alkanes of at least 4 members (excludes halogenated alkanes) is 5. The van der Waals surface area contributed by atoms with Crippen molar-refractivity contribution in [3.05, 3.63) is 20.8 Å². The van der Waals surface area contributed by atoms with Gasteiger partial charge in [-0.3, -0.25) is 24.0 Å². The molecule has 0 spiro atoms. The van der Waals surface area contributed by atoms with Gasteiger partial charge in [-0.2, -0.15) is 0 Å². The molecule has 0 aliphatic rings. The van der Waals surface area contributed by atoms with Crippen LogP contribution in [-0.4, -0.2) is 55.4 Å². The van der Waals surface area contributed by atoms with Gasteiger partial charge in [-0.1, -0.05) is 166 Å². The van der Waals surface area contributed by atoms with Gasteiger partial charge in [0.1, 0.15) is 0 Å². The molecule has 5 N–H and O–H groups in total. The highest BCUT2D eigenvalue weighted by Gasteiger charge is 2.44. The van der Waals surface area contributed by atoms with Crippen molar-refractivity contribution in [3.63, 3.8) is 0 Å². The van der Waals surface area contributed by atoms with E-state index in [1.807, 2.05) is 0 Å². The summed E-state index contributed by atoms with van der Waals surface area (Å²) in [6.07, 6.45) is 16.7. The number of hydrogen-bond donors (Lipinski definition) is 5. The van der Waals surface area contributed by atoms with Crippen LogP contribution < -0.4 is 0 Å². The summed E-state index contributed by atoms with van der Waals surface area (Å²) in [6, 6.07) is 0. The maximum Gasteiger partial charge on any atom is 0.306 e. The molecule has 5 atom stereocenters. The lowest BCUT2D eigenvalue weighted by Gasteiger charge is -2.41. The third-order valence-corrected chi connectivity index (χ3v) is 13.1. The van der Waals surface area contributed by atoms with Crippen molar-refractivity contribution in [2.24, 2.45) is 70.0 Å². The molecule has 0 aromatic carbocycles. The van der Waals surface area contributed by atoms with Crippen LogP contribution in [0.3, 0.4) is 0 Å². The van der Waals surface area contributed by atoms with E-state index in [0.717, 1.165) is 70.6 Å². The zero-order valence-corrected chi connectivity index (χ0v) is 43.3. The lowest BCUT2D eigenvalue weighted by Crippen LogP contribution is -2.38. The molecule has 0 saturated heterocycles. The zero-order valence-electron chi connectivity index (χ0n) is 43.3. The van der Waals surface area contributed by atoms with E-state index in [1.165, 1.54) is 0 Å². The molecule has 381 valence electrons. The van der Waals surface area contributed by atoms with Crippen molar-refractivity contribution in [1.82, 2.24) is 0 Å². The molecule has 0 aromatic heterocycles. The van der Waals surface area contributed by atoms with Crippen LogP contribution in [0.1, 0.15) is 230 Å². The molecule has 65 heavy (non-hydrogen) atoms. The zero-order chi connectivity index (χ0) is 50.3. The minimum Gasteiger partial charge on any atom is -0.481 e. The summed E-state index contributed by atoms with van der Waals surface area (Å²) in [4.78, 5) is 62.4. The summed E-state index contributed by atoms with van der Waals surface area (Å²) in [5.74, 6) is -5.49. The van der Waals surface area contributed by atoms with E-state index in [1.54, 1.807) is 0 Å². The van der Waals surface area contributed by atoms with Crippen molar-refractivity contribution in [1.29, 1.82) is 0 Å². The molecular formula is C55H101O10. The number of rotatable bonds is 40. The molecule has 3 radical (unpaired) electrons. The van der Waals surface area contributed by atoms with E-state index in [-0.39, 0.29) is 31.6 Å². The summed E-state index contributed by atoms with van der Waals surface area (Å²) in [5.41, 5.74) is -1.69. The molecule has 0 aliphatic carbocycles. The summed E-state index contributed by atoms with van der Waals surface area (Å²) >= 11 is 0. The highest BCUT2D eigenvalue weighted by molar-refractivity contribution is 5.73. The van der Waals surface area contributed by atoms with E-state index < -0.39 is 64.3 Å². The minimum absolute atomic E-state index is 0.103. The number of hydrogen-bond acceptors (Lipinski definition) is 5. The first kappa shape index (κ1) is 64.4. The Morgan fingerprint density at radius 2 is 0.462 bits per heavy atom. The number of aliphatic carboxylic acids is 5. The van der Waals surface area contributed by atoms with Crippen LogP contribution in [0.25, 0.3) is 0 Å².